The van der Waals surface area contributed by atoms with Crippen molar-refractivity contribution in [2.24, 2.45) is 22.7 Å². The van der Waals surface area contributed by atoms with Crippen LogP contribution >= 0.6 is 0 Å². The van der Waals surface area contributed by atoms with E-state index < -0.39 is 0 Å². The first-order valence-electron chi connectivity index (χ1n) is 10.2. The Morgan fingerprint density at radius 1 is 1.12 bits per heavy atom. The summed E-state index contributed by atoms with van der Waals surface area (Å²) < 4.78 is 12.6. The van der Waals surface area contributed by atoms with Gasteiger partial charge in [0.1, 0.15) is 11.2 Å². The summed E-state index contributed by atoms with van der Waals surface area (Å²) in [6.45, 7) is 4.66. The molecule has 0 radical (unpaired) electrons. The van der Waals surface area contributed by atoms with Gasteiger partial charge >= 0.3 is 5.97 Å². The van der Waals surface area contributed by atoms with E-state index in [4.69, 9.17) is 9.47 Å². The fraction of sp³-hybridized carbons (Fsp3) is 0.727. The SMILES string of the molecule is CC12C[C@H]3O[C@@]34C(C=CC3=CC(=O)CCC34C)C1CC[C@@]21CCC(=O)O1. The minimum Gasteiger partial charge on any atom is -0.458 e. The van der Waals surface area contributed by atoms with Crippen LogP contribution in [0.1, 0.15) is 58.8 Å². The van der Waals surface area contributed by atoms with Crippen LogP contribution in [0.5, 0.6) is 0 Å². The average Bonchev–Trinajstić information content (AvgIpc) is 3.08. The monoisotopic (exact) mass is 354 g/mol. The highest BCUT2D eigenvalue weighted by Crippen LogP contribution is 2.76. The molecule has 6 aliphatic rings. The Morgan fingerprint density at radius 2 is 1.96 bits per heavy atom. The molecule has 0 aromatic rings. The van der Waals surface area contributed by atoms with E-state index in [1.165, 1.54) is 0 Å². The molecule has 0 aromatic heterocycles. The zero-order valence-corrected chi connectivity index (χ0v) is 15.5. The summed E-state index contributed by atoms with van der Waals surface area (Å²) in [6, 6.07) is 0. The van der Waals surface area contributed by atoms with Gasteiger partial charge < -0.3 is 9.47 Å². The molecule has 0 N–H and O–H groups in total. The normalized spacial score (nSPS) is 56.4. The number of carbonyl (C=O) groups excluding carboxylic acids is 2. The third-order valence-corrected chi connectivity index (χ3v) is 9.23. The zero-order valence-electron chi connectivity index (χ0n) is 15.5. The number of hydrogen-bond acceptors (Lipinski definition) is 4. The molecule has 4 heteroatoms. The number of hydrogen-bond donors (Lipinski definition) is 0. The molecule has 4 fully saturated rings. The highest BCUT2D eigenvalue weighted by atomic mass is 16.6. The van der Waals surface area contributed by atoms with E-state index in [9.17, 15) is 9.59 Å². The van der Waals surface area contributed by atoms with E-state index >= 15 is 0 Å². The lowest BCUT2D eigenvalue weighted by atomic mass is 9.47. The van der Waals surface area contributed by atoms with Crippen molar-refractivity contribution in [1.82, 2.24) is 0 Å². The van der Waals surface area contributed by atoms with E-state index in [-0.39, 0.29) is 39.9 Å². The van der Waals surface area contributed by atoms with Crippen LogP contribution in [0.3, 0.4) is 0 Å². The molecule has 2 spiro atoms. The molecule has 6 rings (SSSR count). The fourth-order valence-corrected chi connectivity index (χ4v) is 7.73. The average molecular weight is 354 g/mol. The Morgan fingerprint density at radius 3 is 2.73 bits per heavy atom. The first-order valence-corrected chi connectivity index (χ1v) is 10.2. The largest absolute Gasteiger partial charge is 0.458 e. The summed E-state index contributed by atoms with van der Waals surface area (Å²) in [5.74, 6) is 1.06. The molecule has 0 amide bonds. The molecule has 0 bridgehead atoms. The first kappa shape index (κ1) is 15.6. The summed E-state index contributed by atoms with van der Waals surface area (Å²) in [4.78, 5) is 23.9. The Hall–Kier alpha value is -1.42. The molecule has 7 atom stereocenters. The second-order valence-electron chi connectivity index (χ2n) is 9.92. The second kappa shape index (κ2) is 4.35. The predicted molar refractivity (Wildman–Crippen MR) is 94.2 cm³/mol. The summed E-state index contributed by atoms with van der Waals surface area (Å²) in [5.41, 5.74) is 0.679. The van der Waals surface area contributed by atoms with Gasteiger partial charge in [-0.1, -0.05) is 26.0 Å². The van der Waals surface area contributed by atoms with Crippen LogP contribution in [0.2, 0.25) is 0 Å². The van der Waals surface area contributed by atoms with Crippen molar-refractivity contribution in [3.05, 3.63) is 23.8 Å². The number of carbonyl (C=O) groups is 2. The summed E-state index contributed by atoms with van der Waals surface area (Å²) in [6.07, 6.45) is 12.6. The number of epoxide rings is 1. The molecule has 26 heavy (non-hydrogen) atoms. The van der Waals surface area contributed by atoms with Crippen molar-refractivity contribution in [3.63, 3.8) is 0 Å². The van der Waals surface area contributed by atoms with Crippen molar-refractivity contribution in [1.29, 1.82) is 0 Å². The van der Waals surface area contributed by atoms with Gasteiger partial charge in [-0.3, -0.25) is 9.59 Å². The van der Waals surface area contributed by atoms with Crippen molar-refractivity contribution in [2.75, 3.05) is 0 Å². The Balaban J connectivity index is 1.46. The van der Waals surface area contributed by atoms with Crippen LogP contribution in [0.25, 0.3) is 0 Å². The van der Waals surface area contributed by atoms with Gasteiger partial charge in [0, 0.05) is 29.6 Å². The molecule has 4 unspecified atom stereocenters. The number of ether oxygens (including phenoxy) is 2. The maximum atomic E-state index is 12.0. The van der Waals surface area contributed by atoms with Crippen LogP contribution < -0.4 is 0 Å². The minimum absolute atomic E-state index is 0.000890. The third kappa shape index (κ3) is 1.47. The van der Waals surface area contributed by atoms with Crippen molar-refractivity contribution in [3.8, 4) is 0 Å². The smallest absolute Gasteiger partial charge is 0.306 e. The van der Waals surface area contributed by atoms with Gasteiger partial charge in [0.05, 0.1) is 6.10 Å². The summed E-state index contributed by atoms with van der Waals surface area (Å²) in [7, 11) is 0. The standard InChI is InChI=1S/C22H26O4/c1-19-8-5-14(23)11-13(19)3-4-16-15-6-9-21(10-7-18(24)26-21)20(15,2)12-17-22(16,19)25-17/h3-4,11,15-17H,5-10,12H2,1-2H3/t15?,16?,17-,19?,20?,21-,22+/m1/s1. The molecule has 2 saturated carbocycles. The fourth-order valence-electron chi connectivity index (χ4n) is 7.73. The molecule has 4 nitrogen and oxygen atoms in total. The Labute approximate surface area is 154 Å². The van der Waals surface area contributed by atoms with E-state index in [0.29, 0.717) is 24.7 Å². The molecule has 138 valence electrons. The molecule has 2 heterocycles. The van der Waals surface area contributed by atoms with Crippen LogP contribution in [-0.4, -0.2) is 29.1 Å². The highest BCUT2D eigenvalue weighted by molar-refractivity contribution is 5.92. The van der Waals surface area contributed by atoms with Gasteiger partial charge in [0.2, 0.25) is 0 Å². The van der Waals surface area contributed by atoms with Gasteiger partial charge in [0.15, 0.2) is 5.78 Å². The van der Waals surface area contributed by atoms with E-state index in [0.717, 1.165) is 37.7 Å². The van der Waals surface area contributed by atoms with Crippen molar-refractivity contribution < 1.29 is 19.1 Å². The highest BCUT2D eigenvalue weighted by Gasteiger charge is 2.80. The van der Waals surface area contributed by atoms with Crippen LogP contribution in [0.15, 0.2) is 23.8 Å². The van der Waals surface area contributed by atoms with Crippen LogP contribution in [-0.2, 0) is 19.1 Å². The maximum absolute atomic E-state index is 12.0. The number of fused-ring (bicyclic) bond motifs is 4. The number of rotatable bonds is 0. The number of ketones is 1. The molecule has 2 saturated heterocycles. The molecule has 4 aliphatic carbocycles. The lowest BCUT2D eigenvalue weighted by Crippen LogP contribution is -2.58. The minimum atomic E-state index is -0.278. The van der Waals surface area contributed by atoms with E-state index in [1.807, 2.05) is 6.08 Å². The van der Waals surface area contributed by atoms with Crippen molar-refractivity contribution in [2.45, 2.75) is 76.1 Å². The molecular formula is C22H26O4. The third-order valence-electron chi connectivity index (χ3n) is 9.23. The zero-order chi connectivity index (χ0) is 17.9. The Bertz CT molecular complexity index is 811. The summed E-state index contributed by atoms with van der Waals surface area (Å²) in [5, 5.41) is 0. The van der Waals surface area contributed by atoms with Gasteiger partial charge in [-0.25, -0.2) is 0 Å². The van der Waals surface area contributed by atoms with E-state index in [2.05, 4.69) is 26.0 Å². The lowest BCUT2D eigenvalue weighted by Gasteiger charge is -2.54. The Kier molecular flexibility index (Phi) is 2.61. The predicted octanol–water partition coefficient (Wildman–Crippen LogP) is 3.50. The second-order valence-corrected chi connectivity index (χ2v) is 9.92. The van der Waals surface area contributed by atoms with Gasteiger partial charge in [-0.05, 0) is 49.7 Å². The first-order chi connectivity index (χ1) is 12.3. The number of allylic oxidation sites excluding steroid dienone is 2. The quantitative estimate of drug-likeness (QED) is 0.493. The topological polar surface area (TPSA) is 55.9 Å². The van der Waals surface area contributed by atoms with Gasteiger partial charge in [0.25, 0.3) is 0 Å². The van der Waals surface area contributed by atoms with Crippen LogP contribution in [0, 0.1) is 22.7 Å². The van der Waals surface area contributed by atoms with Gasteiger partial charge in [-0.15, -0.1) is 0 Å². The molecule has 2 aliphatic heterocycles. The maximum Gasteiger partial charge on any atom is 0.306 e. The number of esters is 1. The van der Waals surface area contributed by atoms with Crippen molar-refractivity contribution >= 4 is 11.8 Å². The summed E-state index contributed by atoms with van der Waals surface area (Å²) >= 11 is 0. The molecule has 0 aromatic carbocycles. The van der Waals surface area contributed by atoms with Crippen LogP contribution in [0.4, 0.5) is 0 Å². The lowest BCUT2D eigenvalue weighted by molar-refractivity contribution is -0.162. The van der Waals surface area contributed by atoms with Gasteiger partial charge in [-0.2, -0.15) is 0 Å². The molecular weight excluding hydrogens is 328 g/mol. The van der Waals surface area contributed by atoms with E-state index in [1.54, 1.807) is 0 Å².